The summed E-state index contributed by atoms with van der Waals surface area (Å²) < 4.78 is 6.92. The van der Waals surface area contributed by atoms with Gasteiger partial charge in [0.2, 0.25) is 5.88 Å². The molecule has 0 aliphatic carbocycles. The van der Waals surface area contributed by atoms with E-state index in [1.54, 1.807) is 35.4 Å². The summed E-state index contributed by atoms with van der Waals surface area (Å²) in [6.45, 7) is 3.09. The summed E-state index contributed by atoms with van der Waals surface area (Å²) >= 11 is 12.4. The molecule has 33 heavy (non-hydrogen) atoms. The number of carbonyl (C=O) groups is 2. The van der Waals surface area contributed by atoms with Gasteiger partial charge < -0.3 is 15.0 Å². The fourth-order valence-corrected chi connectivity index (χ4v) is 4.40. The lowest BCUT2D eigenvalue weighted by Crippen LogP contribution is -2.41. The van der Waals surface area contributed by atoms with Gasteiger partial charge in [0, 0.05) is 19.3 Å². The van der Waals surface area contributed by atoms with Gasteiger partial charge in [0.1, 0.15) is 5.02 Å². The number of fused-ring (bicyclic) bond motifs is 1. The maximum atomic E-state index is 13.3. The van der Waals surface area contributed by atoms with Crippen molar-refractivity contribution in [2.45, 2.75) is 32.4 Å². The summed E-state index contributed by atoms with van der Waals surface area (Å²) in [5.41, 5.74) is 2.17. The molecule has 1 aromatic carbocycles. The Morgan fingerprint density at radius 2 is 2.00 bits per heavy atom. The second-order valence-corrected chi connectivity index (χ2v) is 8.42. The minimum atomic E-state index is -0.320. The summed E-state index contributed by atoms with van der Waals surface area (Å²) in [4.78, 5) is 32.0. The topological polar surface area (TPSA) is 89.4 Å². The number of nitrogens with one attached hydrogen (secondary N) is 1. The number of benzene rings is 1. The number of ether oxygens (including phenoxy) is 1. The van der Waals surface area contributed by atoms with Gasteiger partial charge in [-0.2, -0.15) is 5.10 Å². The van der Waals surface area contributed by atoms with Gasteiger partial charge in [-0.05, 0) is 31.0 Å². The first-order chi connectivity index (χ1) is 15.9. The van der Waals surface area contributed by atoms with Gasteiger partial charge in [-0.3, -0.25) is 14.3 Å². The average Bonchev–Trinajstić information content (AvgIpc) is 3.23. The maximum absolute atomic E-state index is 13.3. The van der Waals surface area contributed by atoms with Crippen LogP contribution in [0.1, 0.15) is 52.2 Å². The van der Waals surface area contributed by atoms with Crippen LogP contribution in [0, 0.1) is 0 Å². The summed E-state index contributed by atoms with van der Waals surface area (Å²) in [5.74, 6) is -0.266. The number of aryl methyl sites for hydroxylation is 1. The van der Waals surface area contributed by atoms with Crippen molar-refractivity contribution < 1.29 is 14.3 Å². The Labute approximate surface area is 201 Å². The van der Waals surface area contributed by atoms with Gasteiger partial charge >= 0.3 is 0 Å². The number of carbonyl (C=O) groups excluding carboxylic acids is 2. The van der Waals surface area contributed by atoms with Gasteiger partial charge in [0.15, 0.2) is 0 Å². The van der Waals surface area contributed by atoms with Crippen molar-refractivity contribution in [3.8, 4) is 5.88 Å². The van der Waals surface area contributed by atoms with Crippen LogP contribution < -0.4 is 15.0 Å². The number of amides is 2. The highest BCUT2D eigenvalue weighted by molar-refractivity contribution is 6.33. The Balaban J connectivity index is 1.65. The van der Waals surface area contributed by atoms with Crippen molar-refractivity contribution in [3.05, 3.63) is 69.6 Å². The molecular weight excluding hydrogens is 465 g/mol. The Hall–Kier alpha value is -3.10. The number of aromatic nitrogens is 3. The third-order valence-corrected chi connectivity index (χ3v) is 6.07. The lowest BCUT2D eigenvalue weighted by atomic mass is 10.0. The fourth-order valence-electron chi connectivity index (χ4n) is 3.94. The molecule has 1 aliphatic heterocycles. The van der Waals surface area contributed by atoms with Crippen molar-refractivity contribution in [2.24, 2.45) is 0 Å². The molecule has 0 spiro atoms. The molecule has 4 rings (SSSR count). The predicted octanol–water partition coefficient (Wildman–Crippen LogP) is 4.53. The molecule has 0 saturated heterocycles. The zero-order chi connectivity index (χ0) is 23.5. The van der Waals surface area contributed by atoms with Crippen molar-refractivity contribution >= 4 is 40.7 Å². The summed E-state index contributed by atoms with van der Waals surface area (Å²) in [6, 6.07) is 8.12. The van der Waals surface area contributed by atoms with Gasteiger partial charge in [-0.1, -0.05) is 42.3 Å². The van der Waals surface area contributed by atoms with E-state index in [0.29, 0.717) is 41.3 Å². The third-order valence-electron chi connectivity index (χ3n) is 5.47. The van der Waals surface area contributed by atoms with Crippen LogP contribution in [-0.4, -0.2) is 40.2 Å². The summed E-state index contributed by atoms with van der Waals surface area (Å²) in [5, 5.41) is 8.20. The molecule has 2 amide bonds. The molecule has 0 bridgehead atoms. The highest BCUT2D eigenvalue weighted by Crippen LogP contribution is 2.36. The van der Waals surface area contributed by atoms with Crippen molar-refractivity contribution in [2.75, 3.05) is 18.6 Å². The molecule has 172 valence electrons. The van der Waals surface area contributed by atoms with Crippen molar-refractivity contribution in [1.29, 1.82) is 0 Å². The van der Waals surface area contributed by atoms with Crippen LogP contribution in [0.3, 0.4) is 0 Å². The first-order valence-corrected chi connectivity index (χ1v) is 11.3. The van der Waals surface area contributed by atoms with Crippen molar-refractivity contribution in [3.63, 3.8) is 0 Å². The summed E-state index contributed by atoms with van der Waals surface area (Å²) in [7, 11) is 1.46. The monoisotopic (exact) mass is 487 g/mol. The van der Waals surface area contributed by atoms with Crippen LogP contribution in [0.25, 0.3) is 0 Å². The average molecular weight is 488 g/mol. The van der Waals surface area contributed by atoms with E-state index >= 15 is 0 Å². The van der Waals surface area contributed by atoms with E-state index in [0.717, 1.165) is 12.1 Å². The van der Waals surface area contributed by atoms with Crippen molar-refractivity contribution in [1.82, 2.24) is 20.1 Å². The fraction of sp³-hybridized carbons (Fsp3) is 0.304. The molecule has 1 aliphatic rings. The minimum Gasteiger partial charge on any atom is -0.480 e. The lowest BCUT2D eigenvalue weighted by molar-refractivity contribution is 0.0931. The molecule has 3 aromatic rings. The molecule has 0 fully saturated rings. The molecule has 10 heteroatoms. The molecule has 3 heterocycles. The lowest BCUT2D eigenvalue weighted by Gasteiger charge is -2.33. The highest BCUT2D eigenvalue weighted by atomic mass is 35.5. The Morgan fingerprint density at radius 1 is 1.21 bits per heavy atom. The molecule has 1 N–H and O–H groups in total. The molecular formula is C23H23Cl2N5O3. The van der Waals surface area contributed by atoms with Gasteiger partial charge in [0.25, 0.3) is 11.8 Å². The van der Waals surface area contributed by atoms with E-state index in [9.17, 15) is 9.59 Å². The molecule has 0 saturated carbocycles. The smallest absolute Gasteiger partial charge is 0.259 e. The minimum absolute atomic E-state index is 0.250. The van der Waals surface area contributed by atoms with Gasteiger partial charge in [0.05, 0.1) is 46.9 Å². The number of hydrogen-bond acceptors (Lipinski definition) is 5. The second kappa shape index (κ2) is 9.80. The zero-order valence-electron chi connectivity index (χ0n) is 18.2. The van der Waals surface area contributed by atoms with Gasteiger partial charge in [-0.25, -0.2) is 4.98 Å². The number of halogens is 2. The van der Waals surface area contributed by atoms with E-state index in [-0.39, 0.29) is 28.8 Å². The standard InChI is InChI=1S/C23H23Cl2N5O3/c1-3-9-30-20-18(28-21(31)15-6-4-5-7-16(15)24)8-10-29(19(20)13-27-30)23(32)14-11-17(25)22(33-2)26-12-14/h4-7,11-13,18H,3,8-10H2,1-2H3,(H,28,31). The largest absolute Gasteiger partial charge is 0.480 e. The van der Waals surface area contributed by atoms with E-state index in [4.69, 9.17) is 27.9 Å². The Bertz CT molecular complexity index is 1200. The number of nitrogens with zero attached hydrogens (tertiary/aromatic N) is 4. The van der Waals surface area contributed by atoms with Crippen LogP contribution in [0.15, 0.2) is 42.7 Å². The third kappa shape index (κ3) is 4.54. The SMILES string of the molecule is CCCn1ncc2c1C(NC(=O)c1ccccc1Cl)CCN2C(=O)c1cnc(OC)c(Cl)c1. The number of rotatable bonds is 6. The van der Waals surface area contributed by atoms with E-state index in [1.807, 2.05) is 11.6 Å². The van der Waals surface area contributed by atoms with E-state index in [1.165, 1.54) is 19.4 Å². The molecule has 8 nitrogen and oxygen atoms in total. The number of pyridine rings is 1. The van der Waals surface area contributed by atoms with Crippen LogP contribution in [0.5, 0.6) is 5.88 Å². The predicted molar refractivity (Wildman–Crippen MR) is 126 cm³/mol. The maximum Gasteiger partial charge on any atom is 0.259 e. The van der Waals surface area contributed by atoms with E-state index in [2.05, 4.69) is 15.4 Å². The molecule has 1 atom stereocenters. The number of hydrogen-bond donors (Lipinski definition) is 1. The molecule has 0 radical (unpaired) electrons. The first-order valence-electron chi connectivity index (χ1n) is 10.6. The zero-order valence-corrected chi connectivity index (χ0v) is 19.7. The van der Waals surface area contributed by atoms with Crippen LogP contribution >= 0.6 is 23.2 Å². The quantitative estimate of drug-likeness (QED) is 0.551. The van der Waals surface area contributed by atoms with E-state index < -0.39 is 0 Å². The summed E-state index contributed by atoms with van der Waals surface area (Å²) in [6.07, 6.45) is 4.47. The van der Waals surface area contributed by atoms with Crippen LogP contribution in [-0.2, 0) is 6.54 Å². The van der Waals surface area contributed by atoms with Gasteiger partial charge in [-0.15, -0.1) is 0 Å². The van der Waals surface area contributed by atoms with Crippen LogP contribution in [0.2, 0.25) is 10.0 Å². The second-order valence-electron chi connectivity index (χ2n) is 7.60. The molecule has 1 unspecified atom stereocenters. The first kappa shape index (κ1) is 23.1. The number of anilines is 1. The highest BCUT2D eigenvalue weighted by Gasteiger charge is 2.34. The Kier molecular flexibility index (Phi) is 6.85. The Morgan fingerprint density at radius 3 is 2.70 bits per heavy atom. The normalized spacial score (nSPS) is 15.2. The van der Waals surface area contributed by atoms with Crippen LogP contribution in [0.4, 0.5) is 5.69 Å². The molecule has 2 aromatic heterocycles. The number of methoxy groups -OCH3 is 1.